The molecule has 30 heavy (non-hydrogen) atoms. The Balaban J connectivity index is 1.13. The van der Waals surface area contributed by atoms with Crippen LogP contribution in [0, 0.1) is 0 Å². The Labute approximate surface area is 180 Å². The van der Waals surface area contributed by atoms with Gasteiger partial charge in [0.15, 0.2) is 0 Å². The Morgan fingerprint density at radius 2 is 1.53 bits per heavy atom. The van der Waals surface area contributed by atoms with Crippen molar-refractivity contribution in [2.24, 2.45) is 0 Å². The molecule has 2 saturated heterocycles. The molecule has 1 unspecified atom stereocenters. The van der Waals surface area contributed by atoms with Gasteiger partial charge in [-0.25, -0.2) is 4.79 Å². The van der Waals surface area contributed by atoms with E-state index >= 15 is 0 Å². The summed E-state index contributed by atoms with van der Waals surface area (Å²) in [5.74, 6) is 0. The fourth-order valence-corrected chi connectivity index (χ4v) is 4.64. The van der Waals surface area contributed by atoms with E-state index in [1.165, 1.54) is 11.1 Å². The zero-order valence-electron chi connectivity index (χ0n) is 17.9. The number of hydrogen-bond acceptors (Lipinski definition) is 3. The third kappa shape index (κ3) is 5.61. The van der Waals surface area contributed by atoms with Crippen LogP contribution in [0.4, 0.5) is 4.79 Å². The second-order valence-corrected chi connectivity index (χ2v) is 8.45. The Bertz CT molecular complexity index is 774. The topological polar surface area (TPSA) is 38.8 Å². The number of piperazine rings is 1. The van der Waals surface area contributed by atoms with Crippen LogP contribution in [0.3, 0.4) is 0 Å². The van der Waals surface area contributed by atoms with E-state index in [0.717, 1.165) is 71.6 Å². The minimum absolute atomic E-state index is 0.0917. The third-order valence-corrected chi connectivity index (χ3v) is 6.34. The van der Waals surface area contributed by atoms with Crippen molar-refractivity contribution in [3.05, 3.63) is 71.8 Å². The highest BCUT2D eigenvalue weighted by Crippen LogP contribution is 2.31. The molecule has 5 nitrogen and oxygen atoms in total. The molecule has 4 rings (SSSR count). The van der Waals surface area contributed by atoms with Gasteiger partial charge in [0.05, 0.1) is 6.04 Å². The SMILES string of the molecule is O=C(NCCCN1CCN(Cc2ccccc2)CC1)N1CCCC1c1ccccc1. The van der Waals surface area contributed by atoms with Gasteiger partial charge in [-0.1, -0.05) is 60.7 Å². The summed E-state index contributed by atoms with van der Waals surface area (Å²) in [6, 6.07) is 21.5. The van der Waals surface area contributed by atoms with Crippen LogP contribution in [0.2, 0.25) is 0 Å². The van der Waals surface area contributed by atoms with E-state index in [0.29, 0.717) is 0 Å². The molecule has 1 N–H and O–H groups in total. The molecule has 2 aromatic rings. The van der Waals surface area contributed by atoms with E-state index in [1.54, 1.807) is 0 Å². The number of carbonyl (C=O) groups is 1. The van der Waals surface area contributed by atoms with Crippen LogP contribution < -0.4 is 5.32 Å². The lowest BCUT2D eigenvalue weighted by Crippen LogP contribution is -2.46. The van der Waals surface area contributed by atoms with Crippen molar-refractivity contribution in [1.82, 2.24) is 20.0 Å². The highest BCUT2D eigenvalue weighted by atomic mass is 16.2. The number of urea groups is 1. The lowest BCUT2D eigenvalue weighted by atomic mass is 10.1. The van der Waals surface area contributed by atoms with Crippen LogP contribution in [0.5, 0.6) is 0 Å². The van der Waals surface area contributed by atoms with Crippen molar-refractivity contribution in [2.75, 3.05) is 45.8 Å². The molecule has 2 fully saturated rings. The molecule has 5 heteroatoms. The molecule has 1 atom stereocenters. The van der Waals surface area contributed by atoms with Crippen molar-refractivity contribution < 1.29 is 4.79 Å². The first-order valence-electron chi connectivity index (χ1n) is 11.4. The first kappa shape index (κ1) is 20.9. The average Bonchev–Trinajstić information content (AvgIpc) is 3.29. The zero-order valence-corrected chi connectivity index (χ0v) is 17.9. The fourth-order valence-electron chi connectivity index (χ4n) is 4.64. The molecule has 0 aromatic heterocycles. The maximum atomic E-state index is 12.7. The minimum atomic E-state index is 0.0917. The Hall–Kier alpha value is -2.37. The number of amides is 2. The van der Waals surface area contributed by atoms with E-state index in [-0.39, 0.29) is 12.1 Å². The summed E-state index contributed by atoms with van der Waals surface area (Å²) in [7, 11) is 0. The predicted octanol–water partition coefficient (Wildman–Crippen LogP) is 3.74. The van der Waals surface area contributed by atoms with Gasteiger partial charge in [0.1, 0.15) is 0 Å². The van der Waals surface area contributed by atoms with E-state index in [4.69, 9.17) is 0 Å². The molecule has 2 amide bonds. The van der Waals surface area contributed by atoms with E-state index in [1.807, 2.05) is 11.0 Å². The summed E-state index contributed by atoms with van der Waals surface area (Å²) in [4.78, 5) is 19.8. The normalized spacial score (nSPS) is 20.4. The molecule has 160 valence electrons. The molecule has 2 aromatic carbocycles. The monoisotopic (exact) mass is 406 g/mol. The Morgan fingerprint density at radius 3 is 2.27 bits per heavy atom. The van der Waals surface area contributed by atoms with Crippen LogP contribution in [0.15, 0.2) is 60.7 Å². The molecule has 2 heterocycles. The quantitative estimate of drug-likeness (QED) is 0.712. The standard InChI is InChI=1S/C25H34N4O/c30-25(29-16-7-13-24(29)23-11-5-2-6-12-23)26-14-8-15-27-17-19-28(20-18-27)21-22-9-3-1-4-10-22/h1-6,9-12,24H,7-8,13-21H2,(H,26,30). The lowest BCUT2D eigenvalue weighted by molar-refractivity contribution is 0.126. The predicted molar refractivity (Wildman–Crippen MR) is 121 cm³/mol. The molecular formula is C25H34N4O. The van der Waals surface area contributed by atoms with Gasteiger partial charge < -0.3 is 15.1 Å². The molecule has 0 spiro atoms. The van der Waals surface area contributed by atoms with Gasteiger partial charge in [-0.05, 0) is 36.9 Å². The van der Waals surface area contributed by atoms with Crippen LogP contribution in [-0.4, -0.2) is 66.5 Å². The van der Waals surface area contributed by atoms with Crippen molar-refractivity contribution in [3.8, 4) is 0 Å². The summed E-state index contributed by atoms with van der Waals surface area (Å²) in [5, 5.41) is 3.16. The summed E-state index contributed by atoms with van der Waals surface area (Å²) >= 11 is 0. The summed E-state index contributed by atoms with van der Waals surface area (Å²) in [6.07, 6.45) is 3.15. The second-order valence-electron chi connectivity index (χ2n) is 8.45. The largest absolute Gasteiger partial charge is 0.338 e. The molecule has 0 radical (unpaired) electrons. The summed E-state index contributed by atoms with van der Waals surface area (Å²) in [5.41, 5.74) is 2.64. The number of hydrogen-bond donors (Lipinski definition) is 1. The third-order valence-electron chi connectivity index (χ3n) is 6.34. The number of rotatable bonds is 7. The van der Waals surface area contributed by atoms with E-state index in [9.17, 15) is 4.79 Å². The van der Waals surface area contributed by atoms with Crippen molar-refractivity contribution in [1.29, 1.82) is 0 Å². The molecule has 2 aliphatic heterocycles. The maximum Gasteiger partial charge on any atom is 0.317 e. The minimum Gasteiger partial charge on any atom is -0.338 e. The zero-order chi connectivity index (χ0) is 20.6. The molecule has 0 saturated carbocycles. The molecular weight excluding hydrogens is 372 g/mol. The number of nitrogens with zero attached hydrogens (tertiary/aromatic N) is 3. The number of nitrogens with one attached hydrogen (secondary N) is 1. The van der Waals surface area contributed by atoms with Crippen molar-refractivity contribution in [3.63, 3.8) is 0 Å². The van der Waals surface area contributed by atoms with Crippen LogP contribution in [0.25, 0.3) is 0 Å². The second kappa shape index (κ2) is 10.6. The van der Waals surface area contributed by atoms with Crippen LogP contribution >= 0.6 is 0 Å². The molecule has 2 aliphatic rings. The molecule has 0 bridgehead atoms. The van der Waals surface area contributed by atoms with Gasteiger partial charge in [-0.15, -0.1) is 0 Å². The first-order valence-corrected chi connectivity index (χ1v) is 11.4. The smallest absolute Gasteiger partial charge is 0.317 e. The first-order chi connectivity index (χ1) is 14.8. The van der Waals surface area contributed by atoms with Crippen molar-refractivity contribution >= 4 is 6.03 Å². The number of likely N-dealkylation sites (tertiary alicyclic amines) is 1. The summed E-state index contributed by atoms with van der Waals surface area (Å²) in [6.45, 7) is 8.17. The van der Waals surface area contributed by atoms with Gasteiger partial charge in [-0.2, -0.15) is 0 Å². The Morgan fingerprint density at radius 1 is 0.867 bits per heavy atom. The van der Waals surface area contributed by atoms with Gasteiger partial charge in [0.2, 0.25) is 0 Å². The van der Waals surface area contributed by atoms with Gasteiger partial charge in [-0.3, -0.25) is 4.90 Å². The van der Waals surface area contributed by atoms with E-state index in [2.05, 4.69) is 69.7 Å². The van der Waals surface area contributed by atoms with Gasteiger partial charge >= 0.3 is 6.03 Å². The summed E-state index contributed by atoms with van der Waals surface area (Å²) < 4.78 is 0. The number of carbonyl (C=O) groups excluding carboxylic acids is 1. The highest BCUT2D eigenvalue weighted by molar-refractivity contribution is 5.75. The van der Waals surface area contributed by atoms with Gasteiger partial charge in [0.25, 0.3) is 0 Å². The highest BCUT2D eigenvalue weighted by Gasteiger charge is 2.29. The van der Waals surface area contributed by atoms with Crippen LogP contribution in [0.1, 0.15) is 36.4 Å². The Kier molecular flexibility index (Phi) is 7.38. The number of benzene rings is 2. The maximum absolute atomic E-state index is 12.7. The molecule has 0 aliphatic carbocycles. The van der Waals surface area contributed by atoms with E-state index < -0.39 is 0 Å². The van der Waals surface area contributed by atoms with Crippen molar-refractivity contribution in [2.45, 2.75) is 31.8 Å². The lowest BCUT2D eigenvalue weighted by Gasteiger charge is -2.34. The fraction of sp³-hybridized carbons (Fsp3) is 0.480. The average molecular weight is 407 g/mol. The van der Waals surface area contributed by atoms with Gasteiger partial charge in [0, 0.05) is 45.8 Å². The van der Waals surface area contributed by atoms with Crippen LogP contribution in [-0.2, 0) is 6.54 Å².